The van der Waals surface area contributed by atoms with E-state index in [0.29, 0.717) is 21.2 Å². The summed E-state index contributed by atoms with van der Waals surface area (Å²) in [6, 6.07) is 11.0. The summed E-state index contributed by atoms with van der Waals surface area (Å²) in [6.45, 7) is 0. The van der Waals surface area contributed by atoms with Crippen molar-refractivity contribution in [2.75, 3.05) is 0 Å². The van der Waals surface area contributed by atoms with Crippen LogP contribution in [0.15, 0.2) is 41.5 Å². The lowest BCUT2D eigenvalue weighted by atomic mass is 10.2. The van der Waals surface area contributed by atoms with Gasteiger partial charge in [-0.2, -0.15) is 14.9 Å². The van der Waals surface area contributed by atoms with Crippen molar-refractivity contribution in [1.29, 1.82) is 0 Å². The number of aromatic nitrogens is 3. The van der Waals surface area contributed by atoms with Crippen LogP contribution in [0.25, 0.3) is 11.4 Å². The molecular formula is C15H9ClI2N4OS. The van der Waals surface area contributed by atoms with Gasteiger partial charge in [0.05, 0.1) is 9.78 Å². The molecule has 5 nitrogen and oxygen atoms in total. The van der Waals surface area contributed by atoms with Crippen molar-refractivity contribution >= 4 is 75.2 Å². The maximum absolute atomic E-state index is 10.2. The molecule has 3 rings (SSSR count). The molecule has 0 spiro atoms. The number of H-pyrrole nitrogens is 1. The third kappa shape index (κ3) is 3.81. The highest BCUT2D eigenvalue weighted by atomic mass is 127. The van der Waals surface area contributed by atoms with Crippen molar-refractivity contribution in [3.05, 3.63) is 58.9 Å². The van der Waals surface area contributed by atoms with Crippen LogP contribution in [0.1, 0.15) is 5.56 Å². The Labute approximate surface area is 175 Å². The van der Waals surface area contributed by atoms with Crippen LogP contribution in [0.4, 0.5) is 0 Å². The van der Waals surface area contributed by atoms with Gasteiger partial charge in [0, 0.05) is 19.7 Å². The van der Waals surface area contributed by atoms with E-state index in [1.54, 1.807) is 18.3 Å². The van der Waals surface area contributed by atoms with Gasteiger partial charge in [-0.25, -0.2) is 5.10 Å². The first kappa shape index (κ1) is 17.8. The zero-order chi connectivity index (χ0) is 17.3. The van der Waals surface area contributed by atoms with Crippen molar-refractivity contribution in [3.63, 3.8) is 0 Å². The molecule has 0 aliphatic heterocycles. The van der Waals surface area contributed by atoms with Crippen molar-refractivity contribution < 1.29 is 5.11 Å². The Kier molecular flexibility index (Phi) is 5.57. The molecule has 24 heavy (non-hydrogen) atoms. The van der Waals surface area contributed by atoms with Crippen LogP contribution in [-0.2, 0) is 0 Å². The predicted octanol–water partition coefficient (Wildman–Crippen LogP) is 5.06. The number of nitrogens with one attached hydrogen (secondary N) is 1. The normalized spacial score (nSPS) is 11.3. The molecule has 0 saturated heterocycles. The lowest BCUT2D eigenvalue weighted by Crippen LogP contribution is -1.96. The fourth-order valence-corrected chi connectivity index (χ4v) is 4.28. The van der Waals surface area contributed by atoms with Crippen molar-refractivity contribution in [1.82, 2.24) is 14.9 Å². The van der Waals surface area contributed by atoms with Gasteiger partial charge in [0.2, 0.25) is 4.77 Å². The van der Waals surface area contributed by atoms with Gasteiger partial charge in [0.15, 0.2) is 5.82 Å². The Morgan fingerprint density at radius 3 is 2.83 bits per heavy atom. The molecule has 0 radical (unpaired) electrons. The molecule has 1 heterocycles. The van der Waals surface area contributed by atoms with Gasteiger partial charge >= 0.3 is 0 Å². The molecule has 0 aliphatic carbocycles. The van der Waals surface area contributed by atoms with E-state index >= 15 is 0 Å². The molecule has 0 bridgehead atoms. The summed E-state index contributed by atoms with van der Waals surface area (Å²) < 4.78 is 3.60. The molecule has 0 atom stereocenters. The van der Waals surface area contributed by atoms with Crippen LogP contribution in [0.5, 0.6) is 5.75 Å². The van der Waals surface area contributed by atoms with Crippen LogP contribution in [-0.4, -0.2) is 26.2 Å². The number of hydrogen-bond donors (Lipinski definition) is 2. The maximum atomic E-state index is 10.2. The average molecular weight is 583 g/mol. The Morgan fingerprint density at radius 1 is 1.29 bits per heavy atom. The van der Waals surface area contributed by atoms with E-state index in [1.165, 1.54) is 4.68 Å². The molecular weight excluding hydrogens is 574 g/mol. The van der Waals surface area contributed by atoms with E-state index in [2.05, 4.69) is 60.5 Å². The molecule has 0 unspecified atom stereocenters. The summed E-state index contributed by atoms with van der Waals surface area (Å²) in [5.74, 6) is 0.720. The molecule has 0 saturated carbocycles. The van der Waals surface area contributed by atoms with E-state index in [9.17, 15) is 5.11 Å². The van der Waals surface area contributed by atoms with Gasteiger partial charge in [0.25, 0.3) is 0 Å². The highest BCUT2D eigenvalue weighted by molar-refractivity contribution is 14.1. The number of benzene rings is 2. The first-order valence-electron chi connectivity index (χ1n) is 6.61. The van der Waals surface area contributed by atoms with E-state index in [-0.39, 0.29) is 5.75 Å². The number of rotatable bonds is 3. The lowest BCUT2D eigenvalue weighted by Gasteiger charge is -2.04. The van der Waals surface area contributed by atoms with Crippen LogP contribution in [0, 0.1) is 11.9 Å². The topological polar surface area (TPSA) is 66.2 Å². The third-order valence-corrected chi connectivity index (χ3v) is 5.05. The monoisotopic (exact) mass is 582 g/mol. The number of halogens is 3. The summed E-state index contributed by atoms with van der Waals surface area (Å²) in [5.41, 5.74) is 1.39. The van der Waals surface area contributed by atoms with E-state index in [1.807, 2.05) is 24.3 Å². The number of phenols is 1. The molecule has 2 aromatic carbocycles. The fourth-order valence-electron chi connectivity index (χ4n) is 2.02. The summed E-state index contributed by atoms with van der Waals surface area (Å²) in [6.07, 6.45) is 1.55. The van der Waals surface area contributed by atoms with Gasteiger partial charge in [-0.1, -0.05) is 23.7 Å². The molecule has 122 valence electrons. The Morgan fingerprint density at radius 2 is 2.08 bits per heavy atom. The smallest absolute Gasteiger partial charge is 0.216 e. The highest BCUT2D eigenvalue weighted by Crippen LogP contribution is 2.26. The lowest BCUT2D eigenvalue weighted by molar-refractivity contribution is 0.470. The summed E-state index contributed by atoms with van der Waals surface area (Å²) in [7, 11) is 0. The average Bonchev–Trinajstić information content (AvgIpc) is 2.90. The number of aromatic hydroxyl groups is 1. The molecule has 0 amide bonds. The molecule has 2 N–H and O–H groups in total. The van der Waals surface area contributed by atoms with Crippen molar-refractivity contribution in [2.24, 2.45) is 5.10 Å². The Balaban J connectivity index is 2.06. The first-order valence-corrected chi connectivity index (χ1v) is 9.56. The standard InChI is InChI=1S/C15H9ClI2N4OS/c16-10-3-1-2-8(4-10)14-20-21-15(24)22(14)19-7-9-5-11(17)6-12(18)13(9)23/h1-7,23H,(H,21,24). The fraction of sp³-hybridized carbons (Fsp3) is 0. The Bertz CT molecular complexity index is 999. The highest BCUT2D eigenvalue weighted by Gasteiger charge is 2.10. The van der Waals surface area contributed by atoms with Gasteiger partial charge < -0.3 is 5.11 Å². The largest absolute Gasteiger partial charge is 0.506 e. The van der Waals surface area contributed by atoms with Crippen LogP contribution in [0.2, 0.25) is 5.02 Å². The van der Waals surface area contributed by atoms with Crippen LogP contribution < -0.4 is 0 Å². The number of hydrogen-bond acceptors (Lipinski definition) is 4. The van der Waals surface area contributed by atoms with Crippen molar-refractivity contribution in [3.8, 4) is 17.1 Å². The SMILES string of the molecule is Oc1c(I)cc(I)cc1C=Nn1c(-c2cccc(Cl)c2)n[nH]c1=S. The maximum Gasteiger partial charge on any atom is 0.216 e. The minimum atomic E-state index is 0.180. The first-order chi connectivity index (χ1) is 11.5. The summed E-state index contributed by atoms with van der Waals surface area (Å²) >= 11 is 15.5. The van der Waals surface area contributed by atoms with Gasteiger partial charge in [-0.05, 0) is 81.7 Å². The number of phenolic OH excluding ortho intramolecular Hbond substituents is 1. The summed E-state index contributed by atoms with van der Waals surface area (Å²) in [4.78, 5) is 0. The Hall–Kier alpha value is -0.980. The predicted molar refractivity (Wildman–Crippen MR) is 114 cm³/mol. The molecule has 1 aromatic heterocycles. The molecule has 0 aliphatic rings. The van der Waals surface area contributed by atoms with Crippen molar-refractivity contribution in [2.45, 2.75) is 0 Å². The zero-order valence-electron chi connectivity index (χ0n) is 11.9. The van der Waals surface area contributed by atoms with Crippen LogP contribution >= 0.6 is 69.0 Å². The minimum absolute atomic E-state index is 0.180. The van der Waals surface area contributed by atoms with Gasteiger partial charge in [-0.3, -0.25) is 0 Å². The second-order valence-corrected chi connectivity index (χ2v) is 7.98. The number of aromatic amines is 1. The molecule has 0 fully saturated rings. The number of nitrogens with zero attached hydrogens (tertiary/aromatic N) is 3. The minimum Gasteiger partial charge on any atom is -0.506 e. The summed E-state index contributed by atoms with van der Waals surface area (Å²) in [5, 5.41) is 22.1. The van der Waals surface area contributed by atoms with E-state index in [4.69, 9.17) is 23.8 Å². The quantitative estimate of drug-likeness (QED) is 0.258. The zero-order valence-corrected chi connectivity index (χ0v) is 17.8. The van der Waals surface area contributed by atoms with Gasteiger partial charge in [-0.15, -0.1) is 0 Å². The van der Waals surface area contributed by atoms with E-state index < -0.39 is 0 Å². The molecule has 9 heteroatoms. The second kappa shape index (κ2) is 7.50. The van der Waals surface area contributed by atoms with Gasteiger partial charge in [0.1, 0.15) is 5.75 Å². The second-order valence-electron chi connectivity index (χ2n) is 4.74. The van der Waals surface area contributed by atoms with E-state index in [0.717, 1.165) is 12.7 Å². The third-order valence-electron chi connectivity index (χ3n) is 3.10. The molecule has 3 aromatic rings. The van der Waals surface area contributed by atoms with Crippen LogP contribution in [0.3, 0.4) is 0 Å².